The summed E-state index contributed by atoms with van der Waals surface area (Å²) in [7, 11) is 2.17. The molecule has 1 aromatic heterocycles. The van der Waals surface area contributed by atoms with Gasteiger partial charge in [-0.05, 0) is 69.8 Å². The van der Waals surface area contributed by atoms with Crippen molar-refractivity contribution < 1.29 is 0 Å². The van der Waals surface area contributed by atoms with Gasteiger partial charge >= 0.3 is 0 Å². The monoisotopic (exact) mass is 510 g/mol. The van der Waals surface area contributed by atoms with Gasteiger partial charge in [0.15, 0.2) is 0 Å². The standard InChI is InChI=1S/C38H26N2/c1-39(25-12-3-2-4-13-25)26-22-23-28-27-14-5-7-17-31(27)38(34(28)24-26)32-18-8-10-21-36(32)40-35-20-9-6-15-29(35)30-16-11-19-33(38)37(30)40/h2-24H,1H3. The number of anilines is 2. The Hall–Kier alpha value is -5.08. The summed E-state index contributed by atoms with van der Waals surface area (Å²) in [5.74, 6) is 0. The third kappa shape index (κ3) is 2.54. The summed E-state index contributed by atoms with van der Waals surface area (Å²) in [6, 6.07) is 51.5. The maximum Gasteiger partial charge on any atom is 0.0755 e. The Morgan fingerprint density at radius 3 is 2.08 bits per heavy atom. The molecule has 0 bridgehead atoms. The molecule has 0 fully saturated rings. The number of aromatic nitrogens is 1. The fraction of sp³-hybridized carbons (Fsp3) is 0.0526. The van der Waals surface area contributed by atoms with Crippen LogP contribution in [0.3, 0.4) is 0 Å². The van der Waals surface area contributed by atoms with Gasteiger partial charge in [-0.3, -0.25) is 0 Å². The second kappa shape index (κ2) is 7.74. The van der Waals surface area contributed by atoms with Gasteiger partial charge in [0.05, 0.1) is 22.1 Å². The maximum atomic E-state index is 2.50. The largest absolute Gasteiger partial charge is 0.345 e. The molecule has 1 unspecified atom stereocenters. The van der Waals surface area contributed by atoms with Gasteiger partial charge in [-0.15, -0.1) is 0 Å². The van der Waals surface area contributed by atoms with Crippen LogP contribution in [0.4, 0.5) is 11.4 Å². The minimum atomic E-state index is -0.417. The molecule has 1 spiro atoms. The molecule has 2 heteroatoms. The fourth-order valence-electron chi connectivity index (χ4n) is 7.56. The summed E-state index contributed by atoms with van der Waals surface area (Å²) in [6.07, 6.45) is 0. The zero-order valence-corrected chi connectivity index (χ0v) is 22.2. The first kappa shape index (κ1) is 21.8. The second-order valence-corrected chi connectivity index (χ2v) is 11.0. The maximum absolute atomic E-state index is 2.50. The van der Waals surface area contributed by atoms with Crippen LogP contribution in [-0.4, -0.2) is 11.6 Å². The van der Waals surface area contributed by atoms with Crippen molar-refractivity contribution in [1.82, 2.24) is 4.57 Å². The molecule has 7 aromatic rings. The number of nitrogens with zero attached hydrogens (tertiary/aromatic N) is 2. The van der Waals surface area contributed by atoms with Gasteiger partial charge in [0.1, 0.15) is 0 Å². The number of hydrogen-bond acceptors (Lipinski definition) is 1. The first-order valence-corrected chi connectivity index (χ1v) is 13.9. The smallest absolute Gasteiger partial charge is 0.0755 e. The Kier molecular flexibility index (Phi) is 4.22. The van der Waals surface area contributed by atoms with Crippen LogP contribution in [0.15, 0.2) is 140 Å². The lowest BCUT2D eigenvalue weighted by Crippen LogP contribution is -2.33. The van der Waals surface area contributed by atoms with Crippen LogP contribution >= 0.6 is 0 Å². The molecule has 1 aliphatic carbocycles. The van der Waals surface area contributed by atoms with Crippen molar-refractivity contribution in [2.45, 2.75) is 5.41 Å². The van der Waals surface area contributed by atoms with E-state index in [0.717, 1.165) is 0 Å². The third-order valence-corrected chi connectivity index (χ3v) is 9.21. The minimum absolute atomic E-state index is 0.417. The average Bonchev–Trinajstić information content (AvgIpc) is 3.52. The molecule has 1 aliphatic heterocycles. The molecule has 1 atom stereocenters. The molecule has 40 heavy (non-hydrogen) atoms. The summed E-state index contributed by atoms with van der Waals surface area (Å²) in [6.45, 7) is 0. The van der Waals surface area contributed by atoms with Gasteiger partial charge in [-0.1, -0.05) is 103 Å². The average molecular weight is 511 g/mol. The van der Waals surface area contributed by atoms with E-state index in [9.17, 15) is 0 Å². The zero-order valence-electron chi connectivity index (χ0n) is 22.2. The molecule has 9 rings (SSSR count). The van der Waals surface area contributed by atoms with Crippen molar-refractivity contribution in [2.75, 3.05) is 11.9 Å². The molecule has 0 saturated carbocycles. The van der Waals surface area contributed by atoms with E-state index in [4.69, 9.17) is 0 Å². The molecule has 0 radical (unpaired) electrons. The fourth-order valence-corrected chi connectivity index (χ4v) is 7.56. The number of para-hydroxylation sites is 4. The first-order chi connectivity index (χ1) is 19.8. The predicted octanol–water partition coefficient (Wildman–Crippen LogP) is 9.23. The van der Waals surface area contributed by atoms with Crippen LogP contribution in [0.25, 0.3) is 38.6 Å². The van der Waals surface area contributed by atoms with Crippen molar-refractivity contribution in [3.05, 3.63) is 162 Å². The van der Waals surface area contributed by atoms with Crippen molar-refractivity contribution in [3.8, 4) is 16.8 Å². The predicted molar refractivity (Wildman–Crippen MR) is 166 cm³/mol. The normalized spacial score (nSPS) is 16.2. The van der Waals surface area contributed by atoms with E-state index in [1.807, 2.05) is 0 Å². The van der Waals surface area contributed by atoms with Crippen LogP contribution in [0.1, 0.15) is 22.3 Å². The summed E-state index contributed by atoms with van der Waals surface area (Å²) < 4.78 is 2.50. The van der Waals surface area contributed by atoms with Gasteiger partial charge in [0.25, 0.3) is 0 Å². The Morgan fingerprint density at radius 1 is 0.500 bits per heavy atom. The molecule has 2 heterocycles. The first-order valence-electron chi connectivity index (χ1n) is 13.9. The van der Waals surface area contributed by atoms with E-state index < -0.39 is 5.41 Å². The lowest BCUT2D eigenvalue weighted by atomic mass is 9.65. The molecule has 6 aromatic carbocycles. The van der Waals surface area contributed by atoms with Crippen LogP contribution in [0, 0.1) is 0 Å². The van der Waals surface area contributed by atoms with Crippen molar-refractivity contribution in [2.24, 2.45) is 0 Å². The molecular weight excluding hydrogens is 484 g/mol. The third-order valence-electron chi connectivity index (χ3n) is 9.21. The molecule has 0 amide bonds. The van der Waals surface area contributed by atoms with Crippen LogP contribution in [-0.2, 0) is 5.41 Å². The second-order valence-electron chi connectivity index (χ2n) is 11.0. The lowest BCUT2D eigenvalue weighted by Gasteiger charge is -2.39. The Morgan fingerprint density at radius 2 is 1.18 bits per heavy atom. The highest BCUT2D eigenvalue weighted by Crippen LogP contribution is 2.61. The van der Waals surface area contributed by atoms with Gasteiger partial charge in [-0.25, -0.2) is 0 Å². The quantitative estimate of drug-likeness (QED) is 0.225. The summed E-state index contributed by atoms with van der Waals surface area (Å²) in [5, 5.41) is 2.61. The number of fused-ring (bicyclic) bond motifs is 12. The number of hydrogen-bond donors (Lipinski definition) is 0. The van der Waals surface area contributed by atoms with Gasteiger partial charge in [-0.2, -0.15) is 0 Å². The van der Waals surface area contributed by atoms with Crippen molar-refractivity contribution in [1.29, 1.82) is 0 Å². The molecule has 0 saturated heterocycles. The topological polar surface area (TPSA) is 8.17 Å². The molecular formula is C38H26N2. The van der Waals surface area contributed by atoms with E-state index in [1.54, 1.807) is 0 Å². The van der Waals surface area contributed by atoms with E-state index >= 15 is 0 Å². The Balaban J connectivity index is 1.46. The van der Waals surface area contributed by atoms with E-state index in [1.165, 1.54) is 72.2 Å². The van der Waals surface area contributed by atoms with Crippen LogP contribution in [0.2, 0.25) is 0 Å². The summed E-state index contributed by atoms with van der Waals surface area (Å²) >= 11 is 0. The molecule has 188 valence electrons. The van der Waals surface area contributed by atoms with E-state index in [2.05, 4.69) is 156 Å². The number of rotatable bonds is 2. The van der Waals surface area contributed by atoms with E-state index in [-0.39, 0.29) is 0 Å². The Labute approximate surface area is 233 Å². The van der Waals surface area contributed by atoms with E-state index in [0.29, 0.717) is 0 Å². The molecule has 0 N–H and O–H groups in total. The highest BCUT2D eigenvalue weighted by atomic mass is 15.1. The van der Waals surface area contributed by atoms with Crippen molar-refractivity contribution in [3.63, 3.8) is 0 Å². The summed E-state index contributed by atoms with van der Waals surface area (Å²) in [4.78, 5) is 2.29. The van der Waals surface area contributed by atoms with Gasteiger partial charge < -0.3 is 9.47 Å². The minimum Gasteiger partial charge on any atom is -0.345 e. The highest BCUT2D eigenvalue weighted by molar-refractivity contribution is 6.12. The zero-order chi connectivity index (χ0) is 26.4. The van der Waals surface area contributed by atoms with Gasteiger partial charge in [0, 0.05) is 29.2 Å². The lowest BCUT2D eigenvalue weighted by molar-refractivity contribution is 0.748. The molecule has 2 aliphatic rings. The Bertz CT molecular complexity index is 2140. The van der Waals surface area contributed by atoms with Crippen LogP contribution in [0.5, 0.6) is 0 Å². The van der Waals surface area contributed by atoms with Crippen LogP contribution < -0.4 is 4.90 Å². The number of benzene rings is 6. The SMILES string of the molecule is CN(c1ccccc1)c1ccc2c(c1)C1(c3ccccc3-2)c2ccccc2-n2c3ccccc3c3cccc1c32. The highest BCUT2D eigenvalue weighted by Gasteiger charge is 2.50. The summed E-state index contributed by atoms with van der Waals surface area (Å²) in [5.41, 5.74) is 13.8. The van der Waals surface area contributed by atoms with Crippen molar-refractivity contribution >= 4 is 33.2 Å². The van der Waals surface area contributed by atoms with Gasteiger partial charge in [0.2, 0.25) is 0 Å². The molecule has 2 nitrogen and oxygen atoms in total.